The Morgan fingerprint density at radius 3 is 2.12 bits per heavy atom. The van der Waals surface area contributed by atoms with Gasteiger partial charge in [-0.2, -0.15) is 0 Å². The standard InChI is InChI=1S/C10H19NO6/c11-8(10(15)17-6-2-4-13)7-9(14)16-5-1-3-12/h8,12-13H,1-7,11H2/t8-/m0/s1. The largest absolute Gasteiger partial charge is 0.466 e. The smallest absolute Gasteiger partial charge is 0.323 e. The van der Waals surface area contributed by atoms with Crippen molar-refractivity contribution in [3.05, 3.63) is 0 Å². The van der Waals surface area contributed by atoms with Crippen LogP contribution in [0.4, 0.5) is 0 Å². The molecule has 1 atom stereocenters. The second-order valence-electron chi connectivity index (χ2n) is 3.35. The monoisotopic (exact) mass is 249 g/mol. The van der Waals surface area contributed by atoms with Crippen molar-refractivity contribution < 1.29 is 29.3 Å². The Kier molecular flexibility index (Phi) is 9.31. The van der Waals surface area contributed by atoms with Crippen LogP contribution in [0.5, 0.6) is 0 Å². The average molecular weight is 249 g/mol. The molecule has 7 heteroatoms. The van der Waals surface area contributed by atoms with Crippen LogP contribution < -0.4 is 5.73 Å². The fraction of sp³-hybridized carbons (Fsp3) is 0.800. The SMILES string of the molecule is N[C@@H](CC(=O)OCCCO)C(=O)OCCCO. The molecule has 0 unspecified atom stereocenters. The van der Waals surface area contributed by atoms with Gasteiger partial charge in [-0.25, -0.2) is 0 Å². The van der Waals surface area contributed by atoms with Crippen LogP contribution in [0.3, 0.4) is 0 Å². The van der Waals surface area contributed by atoms with Crippen molar-refractivity contribution in [1.82, 2.24) is 0 Å². The van der Waals surface area contributed by atoms with Gasteiger partial charge in [-0.05, 0) is 0 Å². The summed E-state index contributed by atoms with van der Waals surface area (Å²) in [7, 11) is 0. The second kappa shape index (κ2) is 10.0. The van der Waals surface area contributed by atoms with Crippen molar-refractivity contribution in [2.45, 2.75) is 25.3 Å². The molecule has 0 rings (SSSR count). The van der Waals surface area contributed by atoms with Crippen LogP contribution >= 0.6 is 0 Å². The van der Waals surface area contributed by atoms with Gasteiger partial charge in [0.15, 0.2) is 0 Å². The minimum Gasteiger partial charge on any atom is -0.466 e. The fourth-order valence-electron chi connectivity index (χ4n) is 0.917. The first-order valence-electron chi connectivity index (χ1n) is 5.41. The van der Waals surface area contributed by atoms with E-state index in [9.17, 15) is 9.59 Å². The quantitative estimate of drug-likeness (QED) is 0.338. The van der Waals surface area contributed by atoms with Crippen LogP contribution in [-0.2, 0) is 19.1 Å². The normalized spacial score (nSPS) is 11.9. The van der Waals surface area contributed by atoms with Crippen molar-refractivity contribution >= 4 is 11.9 Å². The number of hydrogen-bond donors (Lipinski definition) is 3. The molecule has 0 fully saturated rings. The van der Waals surface area contributed by atoms with E-state index in [4.69, 9.17) is 25.4 Å². The maximum atomic E-state index is 11.2. The zero-order valence-electron chi connectivity index (χ0n) is 9.63. The number of carbonyl (C=O) groups is 2. The van der Waals surface area contributed by atoms with Crippen molar-refractivity contribution in [3.8, 4) is 0 Å². The lowest BCUT2D eigenvalue weighted by Crippen LogP contribution is -2.35. The Bertz CT molecular complexity index is 233. The minimum atomic E-state index is -1.06. The molecule has 0 bridgehead atoms. The van der Waals surface area contributed by atoms with E-state index in [1.54, 1.807) is 0 Å². The van der Waals surface area contributed by atoms with E-state index in [1.165, 1.54) is 0 Å². The van der Waals surface area contributed by atoms with Gasteiger partial charge in [0.05, 0.1) is 19.6 Å². The molecule has 0 aromatic rings. The van der Waals surface area contributed by atoms with Gasteiger partial charge in [-0.1, -0.05) is 0 Å². The van der Waals surface area contributed by atoms with Crippen LogP contribution in [0.2, 0.25) is 0 Å². The summed E-state index contributed by atoms with van der Waals surface area (Å²) in [5, 5.41) is 16.9. The number of aliphatic hydroxyl groups excluding tert-OH is 2. The third-order valence-electron chi connectivity index (χ3n) is 1.80. The Balaban J connectivity index is 3.71. The molecular formula is C10H19NO6. The van der Waals surface area contributed by atoms with Crippen LogP contribution in [0.1, 0.15) is 19.3 Å². The number of rotatable bonds is 9. The number of esters is 2. The van der Waals surface area contributed by atoms with Crippen molar-refractivity contribution in [1.29, 1.82) is 0 Å². The van der Waals surface area contributed by atoms with Gasteiger partial charge in [0, 0.05) is 26.1 Å². The topological polar surface area (TPSA) is 119 Å². The van der Waals surface area contributed by atoms with Gasteiger partial charge in [0.25, 0.3) is 0 Å². The lowest BCUT2D eigenvalue weighted by molar-refractivity contribution is -0.152. The molecule has 0 aliphatic heterocycles. The number of hydrogen-bond acceptors (Lipinski definition) is 7. The summed E-state index contributed by atoms with van der Waals surface area (Å²) < 4.78 is 9.40. The molecule has 17 heavy (non-hydrogen) atoms. The second-order valence-corrected chi connectivity index (χ2v) is 3.35. The maximum Gasteiger partial charge on any atom is 0.323 e. The van der Waals surface area contributed by atoms with E-state index >= 15 is 0 Å². The lowest BCUT2D eigenvalue weighted by atomic mass is 10.2. The Morgan fingerprint density at radius 1 is 1.06 bits per heavy atom. The zero-order valence-corrected chi connectivity index (χ0v) is 9.63. The van der Waals surface area contributed by atoms with Crippen LogP contribution in [0.15, 0.2) is 0 Å². The number of ether oxygens (including phenoxy) is 2. The Labute approximate surface area is 99.5 Å². The summed E-state index contributed by atoms with van der Waals surface area (Å²) >= 11 is 0. The third kappa shape index (κ3) is 8.61. The summed E-state index contributed by atoms with van der Waals surface area (Å²) in [6.07, 6.45) is 0.421. The highest BCUT2D eigenvalue weighted by atomic mass is 16.5. The van der Waals surface area contributed by atoms with E-state index in [1.807, 2.05) is 0 Å². The predicted molar refractivity (Wildman–Crippen MR) is 57.9 cm³/mol. The van der Waals surface area contributed by atoms with Gasteiger partial charge < -0.3 is 25.4 Å². The Morgan fingerprint density at radius 2 is 1.59 bits per heavy atom. The van der Waals surface area contributed by atoms with Crippen LogP contribution in [-0.4, -0.2) is 54.6 Å². The molecule has 0 heterocycles. The van der Waals surface area contributed by atoms with Crippen LogP contribution in [0, 0.1) is 0 Å². The van der Waals surface area contributed by atoms with Gasteiger partial charge in [0.2, 0.25) is 0 Å². The van der Waals surface area contributed by atoms with Crippen LogP contribution in [0.25, 0.3) is 0 Å². The molecule has 0 saturated carbocycles. The molecule has 0 aromatic heterocycles. The zero-order chi connectivity index (χ0) is 13.1. The van der Waals surface area contributed by atoms with E-state index in [2.05, 4.69) is 0 Å². The number of carbonyl (C=O) groups excluding carboxylic acids is 2. The first-order valence-corrected chi connectivity index (χ1v) is 5.41. The molecule has 0 aliphatic rings. The summed E-state index contributed by atoms with van der Waals surface area (Å²) in [4.78, 5) is 22.3. The molecule has 0 radical (unpaired) electrons. The predicted octanol–water partition coefficient (Wildman–Crippen LogP) is -1.44. The highest BCUT2D eigenvalue weighted by molar-refractivity contribution is 5.82. The van der Waals surface area contributed by atoms with Crippen molar-refractivity contribution in [2.24, 2.45) is 5.73 Å². The molecule has 0 spiro atoms. The lowest BCUT2D eigenvalue weighted by Gasteiger charge is -2.10. The molecular weight excluding hydrogens is 230 g/mol. The first kappa shape index (κ1) is 15.8. The van der Waals surface area contributed by atoms with E-state index < -0.39 is 18.0 Å². The van der Waals surface area contributed by atoms with Gasteiger partial charge >= 0.3 is 11.9 Å². The van der Waals surface area contributed by atoms with E-state index in [0.29, 0.717) is 12.8 Å². The molecule has 7 nitrogen and oxygen atoms in total. The molecule has 100 valence electrons. The highest BCUT2D eigenvalue weighted by Crippen LogP contribution is 1.97. The summed E-state index contributed by atoms with van der Waals surface area (Å²) in [6, 6.07) is -1.06. The molecule has 0 saturated heterocycles. The van der Waals surface area contributed by atoms with Crippen molar-refractivity contribution in [2.75, 3.05) is 26.4 Å². The molecule has 4 N–H and O–H groups in total. The number of nitrogens with two attached hydrogens (primary N) is 1. The Hall–Kier alpha value is -1.18. The minimum absolute atomic E-state index is 0.0669. The summed E-state index contributed by atoms with van der Waals surface area (Å²) in [6.45, 7) is 0.0263. The molecule has 0 aromatic carbocycles. The van der Waals surface area contributed by atoms with E-state index in [-0.39, 0.29) is 32.8 Å². The van der Waals surface area contributed by atoms with Crippen molar-refractivity contribution in [3.63, 3.8) is 0 Å². The molecule has 0 amide bonds. The maximum absolute atomic E-state index is 11.2. The first-order chi connectivity index (χ1) is 8.11. The van der Waals surface area contributed by atoms with Gasteiger partial charge in [-0.3, -0.25) is 9.59 Å². The average Bonchev–Trinajstić information content (AvgIpc) is 2.29. The summed E-state index contributed by atoms with van der Waals surface area (Å²) in [5.41, 5.74) is 5.42. The fourth-order valence-corrected chi connectivity index (χ4v) is 0.917. The van der Waals surface area contributed by atoms with Gasteiger partial charge in [0.1, 0.15) is 6.04 Å². The summed E-state index contributed by atoms with van der Waals surface area (Å²) in [5.74, 6) is -1.30. The highest BCUT2D eigenvalue weighted by Gasteiger charge is 2.19. The molecule has 0 aliphatic carbocycles. The van der Waals surface area contributed by atoms with Gasteiger partial charge in [-0.15, -0.1) is 0 Å². The van der Waals surface area contributed by atoms with E-state index in [0.717, 1.165) is 0 Å². The number of aliphatic hydroxyl groups is 2. The third-order valence-corrected chi connectivity index (χ3v) is 1.80.